The Bertz CT molecular complexity index is 355. The Morgan fingerprint density at radius 1 is 1.31 bits per heavy atom. The standard InChI is InChI=1S/C11H12FN/c12-10-7-9(5-6-11(10)13)8-3-1-2-4-8/h3,5-7H,1-2,4,13H2. The van der Waals surface area contributed by atoms with Crippen molar-refractivity contribution < 1.29 is 4.39 Å². The number of hydrogen-bond donors (Lipinski definition) is 1. The second-order valence-corrected chi connectivity index (χ2v) is 3.36. The average Bonchev–Trinajstić information content (AvgIpc) is 2.62. The summed E-state index contributed by atoms with van der Waals surface area (Å²) >= 11 is 0. The second kappa shape index (κ2) is 3.21. The van der Waals surface area contributed by atoms with Gasteiger partial charge in [-0.2, -0.15) is 0 Å². The van der Waals surface area contributed by atoms with Crippen LogP contribution >= 0.6 is 0 Å². The van der Waals surface area contributed by atoms with Crippen molar-refractivity contribution in [2.24, 2.45) is 0 Å². The summed E-state index contributed by atoms with van der Waals surface area (Å²) in [5.74, 6) is -0.315. The summed E-state index contributed by atoms with van der Waals surface area (Å²) < 4.78 is 13.1. The molecule has 0 fully saturated rings. The van der Waals surface area contributed by atoms with Crippen LogP contribution in [0, 0.1) is 5.82 Å². The number of rotatable bonds is 1. The molecule has 0 atom stereocenters. The molecule has 1 aromatic carbocycles. The Balaban J connectivity index is 2.36. The van der Waals surface area contributed by atoms with E-state index in [0.717, 1.165) is 18.4 Å². The maximum absolute atomic E-state index is 13.1. The maximum Gasteiger partial charge on any atom is 0.146 e. The van der Waals surface area contributed by atoms with E-state index in [1.807, 2.05) is 6.07 Å². The smallest absolute Gasteiger partial charge is 0.146 e. The normalized spacial score (nSPS) is 15.9. The van der Waals surface area contributed by atoms with Gasteiger partial charge in [-0.3, -0.25) is 0 Å². The zero-order valence-corrected chi connectivity index (χ0v) is 7.39. The van der Waals surface area contributed by atoms with Crippen molar-refractivity contribution >= 4 is 11.3 Å². The first-order valence-corrected chi connectivity index (χ1v) is 4.52. The minimum atomic E-state index is -0.315. The second-order valence-electron chi connectivity index (χ2n) is 3.36. The van der Waals surface area contributed by atoms with E-state index < -0.39 is 0 Å². The van der Waals surface area contributed by atoms with Crippen LogP contribution in [-0.2, 0) is 0 Å². The summed E-state index contributed by atoms with van der Waals surface area (Å²) in [7, 11) is 0. The van der Waals surface area contributed by atoms with Gasteiger partial charge >= 0.3 is 0 Å². The third-order valence-electron chi connectivity index (χ3n) is 2.41. The monoisotopic (exact) mass is 177 g/mol. The van der Waals surface area contributed by atoms with Crippen LogP contribution in [0.25, 0.3) is 5.57 Å². The predicted octanol–water partition coefficient (Wildman–Crippen LogP) is 2.98. The van der Waals surface area contributed by atoms with Crippen molar-refractivity contribution in [3.8, 4) is 0 Å². The molecule has 0 aromatic heterocycles. The van der Waals surface area contributed by atoms with Gasteiger partial charge in [0.2, 0.25) is 0 Å². The van der Waals surface area contributed by atoms with Gasteiger partial charge in [0.25, 0.3) is 0 Å². The summed E-state index contributed by atoms with van der Waals surface area (Å²) in [6.07, 6.45) is 5.52. The van der Waals surface area contributed by atoms with E-state index in [0.29, 0.717) is 0 Å². The maximum atomic E-state index is 13.1. The first-order valence-electron chi connectivity index (χ1n) is 4.52. The number of nitrogens with two attached hydrogens (primary N) is 1. The van der Waals surface area contributed by atoms with Gasteiger partial charge in [0, 0.05) is 0 Å². The molecule has 2 N–H and O–H groups in total. The Morgan fingerprint density at radius 3 is 2.77 bits per heavy atom. The summed E-state index contributed by atoms with van der Waals surface area (Å²) in [6.45, 7) is 0. The van der Waals surface area contributed by atoms with Crippen molar-refractivity contribution in [1.82, 2.24) is 0 Å². The molecule has 0 bridgehead atoms. The van der Waals surface area contributed by atoms with Crippen LogP contribution < -0.4 is 5.73 Å². The van der Waals surface area contributed by atoms with Gasteiger partial charge in [-0.05, 0) is 42.5 Å². The molecule has 0 amide bonds. The minimum absolute atomic E-state index is 0.224. The molecule has 68 valence electrons. The molecule has 13 heavy (non-hydrogen) atoms. The van der Waals surface area contributed by atoms with Crippen LogP contribution in [0.15, 0.2) is 24.3 Å². The highest BCUT2D eigenvalue weighted by atomic mass is 19.1. The fourth-order valence-corrected chi connectivity index (χ4v) is 1.66. The number of nitrogen functional groups attached to an aromatic ring is 1. The molecule has 1 aliphatic carbocycles. The molecule has 1 nitrogen and oxygen atoms in total. The molecule has 0 aliphatic heterocycles. The topological polar surface area (TPSA) is 26.0 Å². The van der Waals surface area contributed by atoms with Crippen molar-refractivity contribution in [3.63, 3.8) is 0 Å². The van der Waals surface area contributed by atoms with Gasteiger partial charge in [0.1, 0.15) is 5.82 Å². The molecular weight excluding hydrogens is 165 g/mol. The first-order chi connectivity index (χ1) is 6.27. The minimum Gasteiger partial charge on any atom is -0.396 e. The molecule has 0 unspecified atom stereocenters. The predicted molar refractivity (Wildman–Crippen MR) is 52.6 cm³/mol. The highest BCUT2D eigenvalue weighted by Crippen LogP contribution is 2.28. The Hall–Kier alpha value is -1.31. The molecule has 2 heteroatoms. The molecule has 2 rings (SSSR count). The highest BCUT2D eigenvalue weighted by Gasteiger charge is 2.08. The van der Waals surface area contributed by atoms with E-state index in [9.17, 15) is 4.39 Å². The van der Waals surface area contributed by atoms with Crippen molar-refractivity contribution in [3.05, 3.63) is 35.7 Å². The molecule has 0 saturated carbocycles. The van der Waals surface area contributed by atoms with Crippen molar-refractivity contribution in [2.75, 3.05) is 5.73 Å². The quantitative estimate of drug-likeness (QED) is 0.656. The first kappa shape index (κ1) is 8.30. The van der Waals surface area contributed by atoms with Crippen molar-refractivity contribution in [2.45, 2.75) is 19.3 Å². The third kappa shape index (κ3) is 1.57. The number of anilines is 1. The van der Waals surface area contributed by atoms with Crippen LogP contribution in [0.4, 0.5) is 10.1 Å². The van der Waals surface area contributed by atoms with E-state index in [2.05, 4.69) is 6.08 Å². The van der Waals surface area contributed by atoms with E-state index in [1.165, 1.54) is 18.1 Å². The van der Waals surface area contributed by atoms with Crippen LogP contribution in [0.2, 0.25) is 0 Å². The molecule has 0 spiro atoms. The molecule has 1 aliphatic rings. The van der Waals surface area contributed by atoms with E-state index in [1.54, 1.807) is 6.07 Å². The highest BCUT2D eigenvalue weighted by molar-refractivity contribution is 5.68. The van der Waals surface area contributed by atoms with Gasteiger partial charge in [-0.1, -0.05) is 12.1 Å². The number of halogens is 1. The zero-order valence-electron chi connectivity index (χ0n) is 7.39. The van der Waals surface area contributed by atoms with Crippen molar-refractivity contribution in [1.29, 1.82) is 0 Å². The lowest BCUT2D eigenvalue weighted by molar-refractivity contribution is 0.632. The molecule has 0 heterocycles. The molecule has 0 radical (unpaired) electrons. The number of hydrogen-bond acceptors (Lipinski definition) is 1. The Labute approximate surface area is 77.1 Å². The summed E-state index contributed by atoms with van der Waals surface area (Å²) in [5, 5.41) is 0. The third-order valence-corrected chi connectivity index (χ3v) is 2.41. The Morgan fingerprint density at radius 2 is 2.15 bits per heavy atom. The van der Waals surface area contributed by atoms with E-state index in [-0.39, 0.29) is 11.5 Å². The van der Waals surface area contributed by atoms with Crippen LogP contribution in [0.1, 0.15) is 24.8 Å². The van der Waals surface area contributed by atoms with Gasteiger partial charge in [0.15, 0.2) is 0 Å². The number of allylic oxidation sites excluding steroid dienone is 2. The SMILES string of the molecule is Nc1ccc(C2=CCCC2)cc1F. The number of benzene rings is 1. The van der Waals surface area contributed by atoms with Crippen LogP contribution in [0.5, 0.6) is 0 Å². The summed E-state index contributed by atoms with van der Waals surface area (Å²) in [4.78, 5) is 0. The fraction of sp³-hybridized carbons (Fsp3) is 0.273. The zero-order chi connectivity index (χ0) is 9.26. The van der Waals surface area contributed by atoms with Crippen LogP contribution in [0.3, 0.4) is 0 Å². The van der Waals surface area contributed by atoms with Gasteiger partial charge in [-0.15, -0.1) is 0 Å². The lowest BCUT2D eigenvalue weighted by Crippen LogP contribution is -1.91. The average molecular weight is 177 g/mol. The fourth-order valence-electron chi connectivity index (χ4n) is 1.66. The lowest BCUT2D eigenvalue weighted by Gasteiger charge is -2.03. The van der Waals surface area contributed by atoms with E-state index in [4.69, 9.17) is 5.73 Å². The van der Waals surface area contributed by atoms with Crippen LogP contribution in [-0.4, -0.2) is 0 Å². The molecule has 1 aromatic rings. The molecular formula is C11H12FN. The van der Waals surface area contributed by atoms with Gasteiger partial charge < -0.3 is 5.73 Å². The molecule has 0 saturated heterocycles. The lowest BCUT2D eigenvalue weighted by atomic mass is 10.1. The van der Waals surface area contributed by atoms with Gasteiger partial charge in [0.05, 0.1) is 5.69 Å². The summed E-state index contributed by atoms with van der Waals surface area (Å²) in [5.41, 5.74) is 7.84. The Kier molecular flexibility index (Phi) is 2.05. The van der Waals surface area contributed by atoms with E-state index >= 15 is 0 Å². The summed E-state index contributed by atoms with van der Waals surface area (Å²) in [6, 6.07) is 5.03. The largest absolute Gasteiger partial charge is 0.396 e. The van der Waals surface area contributed by atoms with Gasteiger partial charge in [-0.25, -0.2) is 4.39 Å².